The van der Waals surface area contributed by atoms with E-state index in [0.29, 0.717) is 23.2 Å². The maximum atomic E-state index is 12.4. The molecule has 1 N–H and O–H groups in total. The standard InChI is InChI=1S/C21H24N4O3S/c1-4-15-7-5-6-8-18(15)25-14-23-24-21(25)29-13-20(26)22-12-16-9-10-17(27-2)11-19(16)28-3/h5-11,14H,4,12-13H2,1-3H3,(H,22,26). The van der Waals surface area contributed by atoms with Crippen molar-refractivity contribution in [3.05, 3.63) is 59.9 Å². The third kappa shape index (κ3) is 5.08. The summed E-state index contributed by atoms with van der Waals surface area (Å²) in [5.41, 5.74) is 3.11. The van der Waals surface area contributed by atoms with Gasteiger partial charge in [0.05, 0.1) is 25.7 Å². The van der Waals surface area contributed by atoms with E-state index >= 15 is 0 Å². The minimum atomic E-state index is -0.0915. The molecule has 3 aromatic rings. The largest absolute Gasteiger partial charge is 0.497 e. The van der Waals surface area contributed by atoms with Crippen LogP contribution in [0.1, 0.15) is 18.1 Å². The minimum Gasteiger partial charge on any atom is -0.497 e. The molecule has 0 atom stereocenters. The van der Waals surface area contributed by atoms with E-state index in [-0.39, 0.29) is 11.7 Å². The summed E-state index contributed by atoms with van der Waals surface area (Å²) in [4.78, 5) is 12.4. The zero-order chi connectivity index (χ0) is 20.6. The van der Waals surface area contributed by atoms with Crippen molar-refractivity contribution >= 4 is 17.7 Å². The van der Waals surface area contributed by atoms with Crippen molar-refractivity contribution in [2.45, 2.75) is 25.0 Å². The van der Waals surface area contributed by atoms with Gasteiger partial charge in [-0.25, -0.2) is 0 Å². The van der Waals surface area contributed by atoms with Gasteiger partial charge in [-0.15, -0.1) is 10.2 Å². The van der Waals surface area contributed by atoms with Gasteiger partial charge in [-0.1, -0.05) is 36.9 Å². The van der Waals surface area contributed by atoms with E-state index in [1.165, 1.54) is 17.3 Å². The van der Waals surface area contributed by atoms with Gasteiger partial charge in [-0.3, -0.25) is 9.36 Å². The van der Waals surface area contributed by atoms with Gasteiger partial charge in [0, 0.05) is 18.2 Å². The van der Waals surface area contributed by atoms with E-state index in [0.717, 1.165) is 17.7 Å². The van der Waals surface area contributed by atoms with E-state index in [1.54, 1.807) is 26.6 Å². The quantitative estimate of drug-likeness (QED) is 0.544. The van der Waals surface area contributed by atoms with E-state index in [1.807, 2.05) is 34.9 Å². The van der Waals surface area contributed by atoms with Crippen LogP contribution < -0.4 is 14.8 Å². The summed E-state index contributed by atoms with van der Waals surface area (Å²) in [5.74, 6) is 1.53. The number of ether oxygens (including phenoxy) is 2. The molecule has 0 unspecified atom stereocenters. The predicted octanol–water partition coefficient (Wildman–Crippen LogP) is 3.26. The molecule has 8 heteroatoms. The van der Waals surface area contributed by atoms with Gasteiger partial charge in [0.1, 0.15) is 17.8 Å². The highest BCUT2D eigenvalue weighted by Crippen LogP contribution is 2.25. The number of hydrogen-bond acceptors (Lipinski definition) is 6. The summed E-state index contributed by atoms with van der Waals surface area (Å²) in [5, 5.41) is 11.8. The monoisotopic (exact) mass is 412 g/mol. The highest BCUT2D eigenvalue weighted by molar-refractivity contribution is 7.99. The highest BCUT2D eigenvalue weighted by Gasteiger charge is 2.13. The van der Waals surface area contributed by atoms with Gasteiger partial charge in [0.25, 0.3) is 0 Å². The SMILES string of the molecule is CCc1ccccc1-n1cnnc1SCC(=O)NCc1ccc(OC)cc1OC. The summed E-state index contributed by atoms with van der Waals surface area (Å²) in [6, 6.07) is 13.6. The molecule has 0 aliphatic rings. The summed E-state index contributed by atoms with van der Waals surface area (Å²) in [6.45, 7) is 2.48. The fourth-order valence-corrected chi connectivity index (χ4v) is 3.66. The average molecular weight is 413 g/mol. The molecule has 0 saturated heterocycles. The molecule has 0 spiro atoms. The summed E-state index contributed by atoms with van der Waals surface area (Å²) in [6.07, 6.45) is 2.58. The van der Waals surface area contributed by atoms with Crippen molar-refractivity contribution < 1.29 is 14.3 Å². The number of nitrogens with one attached hydrogen (secondary N) is 1. The molecule has 1 amide bonds. The molecule has 1 heterocycles. The smallest absolute Gasteiger partial charge is 0.230 e. The summed E-state index contributed by atoms with van der Waals surface area (Å²) < 4.78 is 12.5. The number of nitrogens with zero attached hydrogens (tertiary/aromatic N) is 3. The molecule has 152 valence electrons. The molecule has 3 rings (SSSR count). The van der Waals surface area contributed by atoms with Gasteiger partial charge in [-0.05, 0) is 30.2 Å². The van der Waals surface area contributed by atoms with Crippen LogP contribution in [0.2, 0.25) is 0 Å². The maximum Gasteiger partial charge on any atom is 0.230 e. The number of benzene rings is 2. The van der Waals surface area contributed by atoms with Gasteiger partial charge >= 0.3 is 0 Å². The third-order valence-electron chi connectivity index (χ3n) is 4.45. The second kappa shape index (κ2) is 9.97. The van der Waals surface area contributed by atoms with Crippen LogP contribution in [-0.4, -0.2) is 40.6 Å². The first-order valence-corrected chi connectivity index (χ1v) is 10.2. The molecule has 1 aromatic heterocycles. The van der Waals surface area contributed by atoms with Crippen LogP contribution in [0.5, 0.6) is 11.5 Å². The van der Waals surface area contributed by atoms with Crippen molar-refractivity contribution in [3.8, 4) is 17.2 Å². The topological polar surface area (TPSA) is 78.3 Å². The lowest BCUT2D eigenvalue weighted by atomic mass is 10.1. The molecule has 7 nitrogen and oxygen atoms in total. The molecule has 0 bridgehead atoms. The van der Waals surface area contributed by atoms with Crippen LogP contribution in [0.15, 0.2) is 53.9 Å². The Hall–Kier alpha value is -3.00. The Bertz CT molecular complexity index is 974. The predicted molar refractivity (Wildman–Crippen MR) is 113 cm³/mol. The fourth-order valence-electron chi connectivity index (χ4n) is 2.91. The van der Waals surface area contributed by atoms with E-state index < -0.39 is 0 Å². The number of carbonyl (C=O) groups excluding carboxylic acids is 1. The molecule has 0 aliphatic carbocycles. The number of aromatic nitrogens is 3. The van der Waals surface area contributed by atoms with Crippen LogP contribution in [0, 0.1) is 0 Å². The van der Waals surface area contributed by atoms with Crippen LogP contribution >= 0.6 is 11.8 Å². The lowest BCUT2D eigenvalue weighted by molar-refractivity contribution is -0.118. The van der Waals surface area contributed by atoms with Gasteiger partial charge < -0.3 is 14.8 Å². The van der Waals surface area contributed by atoms with Gasteiger partial charge in [0.15, 0.2) is 5.16 Å². The van der Waals surface area contributed by atoms with Crippen molar-refractivity contribution in [1.29, 1.82) is 0 Å². The van der Waals surface area contributed by atoms with Crippen LogP contribution in [0.4, 0.5) is 0 Å². The van der Waals surface area contributed by atoms with Gasteiger partial charge in [0.2, 0.25) is 5.91 Å². The Labute approximate surface area is 174 Å². The molecule has 0 aliphatic heterocycles. The van der Waals surface area contributed by atoms with E-state index in [2.05, 4.69) is 28.5 Å². The number of rotatable bonds is 9. The zero-order valence-electron chi connectivity index (χ0n) is 16.7. The minimum absolute atomic E-state index is 0.0915. The molecular formula is C21H24N4O3S. The first-order valence-electron chi connectivity index (χ1n) is 9.25. The van der Waals surface area contributed by atoms with Crippen molar-refractivity contribution in [3.63, 3.8) is 0 Å². The van der Waals surface area contributed by atoms with Crippen LogP contribution in [-0.2, 0) is 17.8 Å². The summed E-state index contributed by atoms with van der Waals surface area (Å²) in [7, 11) is 3.20. The number of thioether (sulfide) groups is 1. The third-order valence-corrected chi connectivity index (χ3v) is 5.39. The van der Waals surface area contributed by atoms with Crippen molar-refractivity contribution in [1.82, 2.24) is 20.1 Å². The normalized spacial score (nSPS) is 10.6. The Morgan fingerprint density at radius 1 is 1.14 bits per heavy atom. The Kier molecular flexibility index (Phi) is 7.13. The molecule has 29 heavy (non-hydrogen) atoms. The molecule has 0 saturated carbocycles. The van der Waals surface area contributed by atoms with Crippen LogP contribution in [0.25, 0.3) is 5.69 Å². The molecule has 0 radical (unpaired) electrons. The van der Waals surface area contributed by atoms with E-state index in [4.69, 9.17) is 9.47 Å². The Morgan fingerprint density at radius 2 is 1.97 bits per heavy atom. The first kappa shape index (κ1) is 20.7. The van der Waals surface area contributed by atoms with Crippen molar-refractivity contribution in [2.75, 3.05) is 20.0 Å². The number of amides is 1. The fraction of sp³-hybridized carbons (Fsp3) is 0.286. The number of aryl methyl sites for hydroxylation is 1. The lowest BCUT2D eigenvalue weighted by Gasteiger charge is -2.12. The number of para-hydroxylation sites is 1. The van der Waals surface area contributed by atoms with Crippen LogP contribution in [0.3, 0.4) is 0 Å². The second-order valence-corrected chi connectivity index (χ2v) is 7.15. The van der Waals surface area contributed by atoms with Crippen molar-refractivity contribution in [2.24, 2.45) is 0 Å². The van der Waals surface area contributed by atoms with E-state index in [9.17, 15) is 4.79 Å². The Balaban J connectivity index is 1.61. The molecule has 0 fully saturated rings. The highest BCUT2D eigenvalue weighted by atomic mass is 32.2. The van der Waals surface area contributed by atoms with Gasteiger partial charge in [-0.2, -0.15) is 0 Å². The summed E-state index contributed by atoms with van der Waals surface area (Å²) >= 11 is 1.35. The lowest BCUT2D eigenvalue weighted by Crippen LogP contribution is -2.25. The molecular weight excluding hydrogens is 388 g/mol. The maximum absolute atomic E-state index is 12.4. The number of methoxy groups -OCH3 is 2. The second-order valence-electron chi connectivity index (χ2n) is 6.21. The number of carbonyl (C=O) groups is 1. The first-order chi connectivity index (χ1) is 14.2. The average Bonchev–Trinajstić information content (AvgIpc) is 3.24. The molecule has 2 aromatic carbocycles. The zero-order valence-corrected chi connectivity index (χ0v) is 17.5. The number of hydrogen-bond donors (Lipinski definition) is 1. The Morgan fingerprint density at radius 3 is 2.72 bits per heavy atom.